The Morgan fingerprint density at radius 1 is 1.08 bits per heavy atom. The molecule has 0 aliphatic heterocycles. The van der Waals surface area contributed by atoms with Crippen molar-refractivity contribution < 1.29 is 24.2 Å². The summed E-state index contributed by atoms with van der Waals surface area (Å²) in [6.45, 7) is 0. The zero-order valence-electron chi connectivity index (χ0n) is 13.4. The Bertz CT molecular complexity index is 802. The van der Waals surface area contributed by atoms with Gasteiger partial charge in [0.2, 0.25) is 5.91 Å². The van der Waals surface area contributed by atoms with Crippen LogP contribution in [-0.2, 0) is 9.59 Å². The van der Waals surface area contributed by atoms with Gasteiger partial charge in [-0.3, -0.25) is 14.4 Å². The minimum atomic E-state index is -1.07. The second-order valence-corrected chi connectivity index (χ2v) is 5.63. The topological polar surface area (TPSA) is 92.7 Å². The van der Waals surface area contributed by atoms with E-state index in [0.717, 1.165) is 0 Å². The van der Waals surface area contributed by atoms with E-state index < -0.39 is 11.9 Å². The van der Waals surface area contributed by atoms with Crippen molar-refractivity contribution in [2.45, 2.75) is 12.8 Å². The SMILES string of the molecule is COc1ccc(NC(=O)CCC(=O)O)c(C(=O)c2ccc(Cl)cc2)c1. The predicted molar refractivity (Wildman–Crippen MR) is 93.4 cm³/mol. The summed E-state index contributed by atoms with van der Waals surface area (Å²) < 4.78 is 5.14. The van der Waals surface area contributed by atoms with Gasteiger partial charge in [-0.15, -0.1) is 0 Å². The summed E-state index contributed by atoms with van der Waals surface area (Å²) in [4.78, 5) is 35.2. The Labute approximate surface area is 149 Å². The summed E-state index contributed by atoms with van der Waals surface area (Å²) in [5.41, 5.74) is 0.931. The lowest BCUT2D eigenvalue weighted by Crippen LogP contribution is -2.16. The maximum absolute atomic E-state index is 12.8. The summed E-state index contributed by atoms with van der Waals surface area (Å²) in [7, 11) is 1.47. The minimum absolute atomic E-state index is 0.185. The number of methoxy groups -OCH3 is 1. The molecule has 0 aliphatic carbocycles. The number of ether oxygens (including phenoxy) is 1. The van der Waals surface area contributed by atoms with Gasteiger partial charge in [0.05, 0.1) is 19.2 Å². The van der Waals surface area contributed by atoms with Crippen molar-refractivity contribution in [3.8, 4) is 5.75 Å². The van der Waals surface area contributed by atoms with Crippen molar-refractivity contribution in [2.75, 3.05) is 12.4 Å². The first kappa shape index (κ1) is 18.5. The van der Waals surface area contributed by atoms with Crippen molar-refractivity contribution in [2.24, 2.45) is 0 Å². The highest BCUT2D eigenvalue weighted by molar-refractivity contribution is 6.30. The van der Waals surface area contributed by atoms with E-state index in [1.807, 2.05) is 0 Å². The van der Waals surface area contributed by atoms with Crippen LogP contribution < -0.4 is 10.1 Å². The number of rotatable bonds is 7. The number of benzene rings is 2. The third-order valence-electron chi connectivity index (χ3n) is 3.42. The third-order valence-corrected chi connectivity index (χ3v) is 3.67. The molecule has 0 unspecified atom stereocenters. The predicted octanol–water partition coefficient (Wildman–Crippen LogP) is 3.38. The van der Waals surface area contributed by atoms with Crippen LogP contribution in [0.2, 0.25) is 5.02 Å². The van der Waals surface area contributed by atoms with Crippen molar-refractivity contribution in [1.29, 1.82) is 0 Å². The molecule has 0 radical (unpaired) electrons. The zero-order chi connectivity index (χ0) is 18.4. The van der Waals surface area contributed by atoms with Crippen LogP contribution in [0.15, 0.2) is 42.5 Å². The number of ketones is 1. The fourth-order valence-corrected chi connectivity index (χ4v) is 2.26. The van der Waals surface area contributed by atoms with Gasteiger partial charge in [0.25, 0.3) is 0 Å². The number of anilines is 1. The maximum Gasteiger partial charge on any atom is 0.303 e. The Morgan fingerprint density at radius 2 is 1.76 bits per heavy atom. The smallest absolute Gasteiger partial charge is 0.303 e. The van der Waals surface area contributed by atoms with Gasteiger partial charge in [0.1, 0.15) is 5.75 Å². The summed E-state index contributed by atoms with van der Waals surface area (Å²) >= 11 is 5.83. The molecular formula is C18H16ClNO5. The van der Waals surface area contributed by atoms with Crippen LogP contribution in [0, 0.1) is 0 Å². The number of carboxylic acids is 1. The Kier molecular flexibility index (Phi) is 6.14. The van der Waals surface area contributed by atoms with Gasteiger partial charge in [-0.1, -0.05) is 11.6 Å². The molecule has 2 rings (SSSR count). The van der Waals surface area contributed by atoms with Gasteiger partial charge in [-0.05, 0) is 42.5 Å². The van der Waals surface area contributed by atoms with Gasteiger partial charge in [0, 0.05) is 22.6 Å². The first-order valence-corrected chi connectivity index (χ1v) is 7.78. The highest BCUT2D eigenvalue weighted by Crippen LogP contribution is 2.25. The van der Waals surface area contributed by atoms with Crippen LogP contribution in [0.25, 0.3) is 0 Å². The molecule has 0 aliphatic rings. The summed E-state index contributed by atoms with van der Waals surface area (Å²) in [6.07, 6.45) is -0.474. The lowest BCUT2D eigenvalue weighted by Gasteiger charge is -2.12. The van der Waals surface area contributed by atoms with Crippen LogP contribution in [-0.4, -0.2) is 29.9 Å². The molecule has 2 aromatic carbocycles. The molecule has 0 heterocycles. The van der Waals surface area contributed by atoms with Gasteiger partial charge < -0.3 is 15.2 Å². The summed E-state index contributed by atoms with van der Waals surface area (Å²) in [5, 5.41) is 11.7. The number of carboxylic acid groups (broad SMARTS) is 1. The minimum Gasteiger partial charge on any atom is -0.497 e. The molecule has 2 aromatic rings. The highest BCUT2D eigenvalue weighted by Gasteiger charge is 2.17. The highest BCUT2D eigenvalue weighted by atomic mass is 35.5. The van der Waals surface area contributed by atoms with Gasteiger partial charge in [-0.25, -0.2) is 0 Å². The lowest BCUT2D eigenvalue weighted by atomic mass is 10.0. The number of carbonyl (C=O) groups excluding carboxylic acids is 2. The number of nitrogens with one attached hydrogen (secondary N) is 1. The maximum atomic E-state index is 12.8. The Balaban J connectivity index is 2.31. The second-order valence-electron chi connectivity index (χ2n) is 5.19. The van der Waals surface area contributed by atoms with Crippen LogP contribution in [0.5, 0.6) is 5.75 Å². The lowest BCUT2D eigenvalue weighted by molar-refractivity contribution is -0.138. The molecule has 0 bridgehead atoms. The fraction of sp³-hybridized carbons (Fsp3) is 0.167. The molecule has 0 aromatic heterocycles. The van der Waals surface area contributed by atoms with Crippen molar-refractivity contribution in [3.63, 3.8) is 0 Å². The van der Waals surface area contributed by atoms with Crippen LogP contribution >= 0.6 is 11.6 Å². The molecule has 7 heteroatoms. The summed E-state index contributed by atoms with van der Waals surface area (Å²) in [5.74, 6) is -1.41. The van der Waals surface area contributed by atoms with Crippen LogP contribution in [0.4, 0.5) is 5.69 Å². The van der Waals surface area contributed by atoms with Gasteiger partial charge >= 0.3 is 5.97 Å². The number of hydrogen-bond donors (Lipinski definition) is 2. The molecule has 0 atom stereocenters. The molecule has 25 heavy (non-hydrogen) atoms. The summed E-state index contributed by atoms with van der Waals surface area (Å²) in [6, 6.07) is 11.0. The van der Waals surface area contributed by atoms with E-state index in [2.05, 4.69) is 5.32 Å². The standard InChI is InChI=1S/C18H16ClNO5/c1-25-13-6-7-15(20-16(21)8-9-17(22)23)14(10-13)18(24)11-2-4-12(19)5-3-11/h2-7,10H,8-9H2,1H3,(H,20,21)(H,22,23). The first-order valence-electron chi connectivity index (χ1n) is 7.40. The number of halogens is 1. The van der Waals surface area contributed by atoms with E-state index in [-0.39, 0.29) is 29.9 Å². The molecule has 0 spiro atoms. The van der Waals surface area contributed by atoms with E-state index in [1.165, 1.54) is 13.2 Å². The van der Waals surface area contributed by atoms with Crippen molar-refractivity contribution in [1.82, 2.24) is 0 Å². The normalized spacial score (nSPS) is 10.2. The molecule has 130 valence electrons. The number of hydrogen-bond acceptors (Lipinski definition) is 4. The number of carbonyl (C=O) groups is 3. The van der Waals surface area contributed by atoms with Crippen molar-refractivity contribution in [3.05, 3.63) is 58.6 Å². The van der Waals surface area contributed by atoms with Crippen LogP contribution in [0.1, 0.15) is 28.8 Å². The van der Waals surface area contributed by atoms with E-state index in [4.69, 9.17) is 21.4 Å². The van der Waals surface area contributed by atoms with Crippen molar-refractivity contribution >= 4 is 34.9 Å². The molecule has 6 nitrogen and oxygen atoms in total. The number of aliphatic carboxylic acids is 1. The molecule has 0 saturated heterocycles. The van der Waals surface area contributed by atoms with E-state index >= 15 is 0 Å². The molecule has 1 amide bonds. The average Bonchev–Trinajstić information content (AvgIpc) is 2.60. The molecule has 0 fully saturated rings. The van der Waals surface area contributed by atoms with E-state index in [1.54, 1.807) is 36.4 Å². The fourth-order valence-electron chi connectivity index (χ4n) is 2.14. The Hall–Kier alpha value is -2.86. The molecule has 0 saturated carbocycles. The van der Waals surface area contributed by atoms with Crippen LogP contribution in [0.3, 0.4) is 0 Å². The largest absolute Gasteiger partial charge is 0.497 e. The third kappa shape index (κ3) is 5.06. The first-order chi connectivity index (χ1) is 11.9. The van der Waals surface area contributed by atoms with Gasteiger partial charge in [-0.2, -0.15) is 0 Å². The quantitative estimate of drug-likeness (QED) is 0.737. The zero-order valence-corrected chi connectivity index (χ0v) is 14.2. The number of amides is 1. The van der Waals surface area contributed by atoms with Gasteiger partial charge in [0.15, 0.2) is 5.78 Å². The average molecular weight is 362 g/mol. The van der Waals surface area contributed by atoms with E-state index in [0.29, 0.717) is 16.3 Å². The molecular weight excluding hydrogens is 346 g/mol. The molecule has 2 N–H and O–H groups in total. The van der Waals surface area contributed by atoms with E-state index in [9.17, 15) is 14.4 Å². The Morgan fingerprint density at radius 3 is 2.36 bits per heavy atom. The monoisotopic (exact) mass is 361 g/mol. The second kappa shape index (κ2) is 8.30.